The molecule has 6 heteroatoms. The van der Waals surface area contributed by atoms with Crippen molar-refractivity contribution in [2.45, 2.75) is 19.3 Å². The van der Waals surface area contributed by atoms with Gasteiger partial charge in [-0.3, -0.25) is 0 Å². The van der Waals surface area contributed by atoms with Crippen LogP contribution in [0.4, 0.5) is 0 Å². The fourth-order valence-corrected chi connectivity index (χ4v) is 2.26. The summed E-state index contributed by atoms with van der Waals surface area (Å²) in [5.41, 5.74) is 2.08. The first-order valence-corrected chi connectivity index (χ1v) is 8.43. The zero-order valence-corrected chi connectivity index (χ0v) is 13.6. The molecule has 0 aliphatic heterocycles. The van der Waals surface area contributed by atoms with Crippen molar-refractivity contribution in [3.63, 3.8) is 0 Å². The van der Waals surface area contributed by atoms with Gasteiger partial charge in [0, 0.05) is 4.57 Å². The normalized spacial score (nSPS) is 12.8. The second-order valence-electron chi connectivity index (χ2n) is 4.95. The molecule has 0 saturated heterocycles. The second kappa shape index (κ2) is 10.2. The first-order valence-electron chi connectivity index (χ1n) is 7.30. The van der Waals surface area contributed by atoms with Gasteiger partial charge in [-0.2, -0.15) is 0 Å². The van der Waals surface area contributed by atoms with E-state index in [9.17, 15) is 4.57 Å². The Balaban J connectivity index is 1.79. The topological polar surface area (TPSA) is 65.0 Å². The molecule has 1 N–H and O–H groups in total. The third-order valence-electron chi connectivity index (χ3n) is 3.11. The van der Waals surface area contributed by atoms with E-state index in [1.54, 1.807) is 0 Å². The van der Waals surface area contributed by atoms with Crippen molar-refractivity contribution in [1.29, 1.82) is 0 Å². The number of hydrogen-bond acceptors (Lipinski definition) is 4. The Bertz CT molecular complexity index is 576. The molecule has 0 fully saturated rings. The maximum Gasteiger partial charge on any atom is 0.694 e. The van der Waals surface area contributed by atoms with Crippen LogP contribution >= 0.6 is 8.25 Å². The lowest BCUT2D eigenvalue weighted by atomic mass is 10.2. The molecule has 0 saturated carbocycles. The molecule has 0 aliphatic carbocycles. The van der Waals surface area contributed by atoms with Gasteiger partial charge in [0.25, 0.3) is 0 Å². The lowest BCUT2D eigenvalue weighted by molar-refractivity contribution is -0.0492. The van der Waals surface area contributed by atoms with E-state index in [0.29, 0.717) is 13.2 Å². The molecule has 122 valence electrons. The van der Waals surface area contributed by atoms with Gasteiger partial charge in [0.05, 0.1) is 19.8 Å². The Labute approximate surface area is 136 Å². The predicted octanol–water partition coefficient (Wildman–Crippen LogP) is 3.45. The highest BCUT2D eigenvalue weighted by molar-refractivity contribution is 7.32. The van der Waals surface area contributed by atoms with Crippen molar-refractivity contribution in [2.75, 3.05) is 13.2 Å². The Hall–Kier alpha value is -1.62. The number of rotatable bonds is 10. The molecule has 0 spiro atoms. The van der Waals surface area contributed by atoms with Crippen LogP contribution in [0.2, 0.25) is 0 Å². The zero-order chi connectivity index (χ0) is 16.3. The summed E-state index contributed by atoms with van der Waals surface area (Å²) in [4.78, 5) is 8.78. The van der Waals surface area contributed by atoms with E-state index in [1.165, 1.54) is 0 Å². The Morgan fingerprint density at radius 3 is 2.00 bits per heavy atom. The van der Waals surface area contributed by atoms with Gasteiger partial charge in [0.2, 0.25) is 0 Å². The van der Waals surface area contributed by atoms with E-state index in [2.05, 4.69) is 0 Å². The van der Waals surface area contributed by atoms with E-state index < -0.39 is 14.4 Å². The van der Waals surface area contributed by atoms with Crippen LogP contribution in [0.3, 0.4) is 0 Å². The largest absolute Gasteiger partial charge is 0.694 e. The molecular weight excluding hydrogens is 315 g/mol. The minimum Gasteiger partial charge on any atom is -0.374 e. The molecule has 2 rings (SSSR count). The molecule has 0 amide bonds. The van der Waals surface area contributed by atoms with Crippen LogP contribution in [-0.2, 0) is 31.8 Å². The molecule has 0 bridgehead atoms. The third-order valence-corrected chi connectivity index (χ3v) is 3.48. The van der Waals surface area contributed by atoms with Crippen LogP contribution < -0.4 is 0 Å². The van der Waals surface area contributed by atoms with Gasteiger partial charge in [-0.15, -0.1) is 9.42 Å². The van der Waals surface area contributed by atoms with Crippen molar-refractivity contribution in [3.05, 3.63) is 71.8 Å². The standard InChI is InChI=1S/C17H19O5P/c18-23(19)22-14-17(21-12-16-9-5-2-6-10-16)13-20-11-15-7-3-1-4-8-15/h1-10,17H,11-14H2/p+1. The average Bonchev–Trinajstić information content (AvgIpc) is 2.58. The van der Waals surface area contributed by atoms with E-state index in [0.717, 1.165) is 11.1 Å². The average molecular weight is 335 g/mol. The van der Waals surface area contributed by atoms with Crippen LogP contribution in [0, 0.1) is 0 Å². The van der Waals surface area contributed by atoms with Gasteiger partial charge in [-0.25, -0.2) is 0 Å². The Kier molecular flexibility index (Phi) is 7.87. The molecule has 2 unspecified atom stereocenters. The number of hydrogen-bond donors (Lipinski definition) is 1. The van der Waals surface area contributed by atoms with Crippen LogP contribution in [0.1, 0.15) is 11.1 Å². The first-order chi connectivity index (χ1) is 11.2. The van der Waals surface area contributed by atoms with Gasteiger partial charge in [0.15, 0.2) is 0 Å². The van der Waals surface area contributed by atoms with Gasteiger partial charge >= 0.3 is 8.25 Å². The van der Waals surface area contributed by atoms with E-state index >= 15 is 0 Å². The highest BCUT2D eigenvalue weighted by Crippen LogP contribution is 2.16. The van der Waals surface area contributed by atoms with Gasteiger partial charge < -0.3 is 9.47 Å². The molecule has 23 heavy (non-hydrogen) atoms. The summed E-state index contributed by atoms with van der Waals surface area (Å²) in [6, 6.07) is 19.5. The van der Waals surface area contributed by atoms with Crippen LogP contribution in [0.5, 0.6) is 0 Å². The van der Waals surface area contributed by atoms with Crippen molar-refractivity contribution >= 4 is 8.25 Å². The third kappa shape index (κ3) is 7.46. The summed E-state index contributed by atoms with van der Waals surface area (Å²) in [6.45, 7) is 1.14. The van der Waals surface area contributed by atoms with Crippen LogP contribution in [-0.4, -0.2) is 24.2 Å². The fourth-order valence-electron chi connectivity index (χ4n) is 1.96. The van der Waals surface area contributed by atoms with Crippen molar-refractivity contribution in [2.24, 2.45) is 0 Å². The van der Waals surface area contributed by atoms with Gasteiger partial charge in [-0.05, 0) is 11.1 Å². The first kappa shape index (κ1) is 17.7. The summed E-state index contributed by atoms with van der Waals surface area (Å²) < 4.78 is 26.8. The van der Waals surface area contributed by atoms with Gasteiger partial charge in [-0.1, -0.05) is 60.7 Å². The monoisotopic (exact) mass is 335 g/mol. The molecule has 0 aliphatic rings. The van der Waals surface area contributed by atoms with Crippen LogP contribution in [0.25, 0.3) is 0 Å². The lowest BCUT2D eigenvalue weighted by Crippen LogP contribution is -2.24. The summed E-state index contributed by atoms with van der Waals surface area (Å²) in [6.07, 6.45) is -0.412. The fraction of sp³-hybridized carbons (Fsp3) is 0.294. The minimum atomic E-state index is -2.64. The quantitative estimate of drug-likeness (QED) is 0.674. The predicted molar refractivity (Wildman–Crippen MR) is 86.9 cm³/mol. The molecule has 2 aromatic carbocycles. The molecule has 2 aromatic rings. The lowest BCUT2D eigenvalue weighted by Gasteiger charge is -2.15. The summed E-state index contributed by atoms with van der Waals surface area (Å²) in [5.74, 6) is 0. The summed E-state index contributed by atoms with van der Waals surface area (Å²) >= 11 is 0. The van der Waals surface area contributed by atoms with E-state index in [-0.39, 0.29) is 13.2 Å². The highest BCUT2D eigenvalue weighted by atomic mass is 31.1. The van der Waals surface area contributed by atoms with Crippen LogP contribution in [0.15, 0.2) is 60.7 Å². The van der Waals surface area contributed by atoms with Crippen molar-refractivity contribution in [1.82, 2.24) is 0 Å². The smallest absolute Gasteiger partial charge is 0.374 e. The molecule has 0 heterocycles. The van der Waals surface area contributed by atoms with Crippen molar-refractivity contribution < 1.29 is 23.5 Å². The molecule has 2 atom stereocenters. The molecule has 0 radical (unpaired) electrons. The maximum absolute atomic E-state index is 10.7. The second-order valence-corrected chi connectivity index (χ2v) is 5.69. The highest BCUT2D eigenvalue weighted by Gasteiger charge is 2.19. The number of benzene rings is 2. The zero-order valence-electron chi connectivity index (χ0n) is 12.7. The SMILES string of the molecule is O=[P+](O)OCC(COCc1ccccc1)OCc1ccccc1. The molecular formula is C17H20O5P+. The Morgan fingerprint density at radius 2 is 1.43 bits per heavy atom. The number of ether oxygens (including phenoxy) is 2. The van der Waals surface area contributed by atoms with E-state index in [1.807, 2.05) is 60.7 Å². The summed E-state index contributed by atoms with van der Waals surface area (Å²) in [5, 5.41) is 0. The summed E-state index contributed by atoms with van der Waals surface area (Å²) in [7, 11) is -2.64. The van der Waals surface area contributed by atoms with Crippen molar-refractivity contribution in [3.8, 4) is 0 Å². The van der Waals surface area contributed by atoms with Gasteiger partial charge in [0.1, 0.15) is 12.7 Å². The molecule has 5 nitrogen and oxygen atoms in total. The Morgan fingerprint density at radius 1 is 0.870 bits per heavy atom. The molecule has 0 aromatic heterocycles. The maximum atomic E-state index is 10.7. The minimum absolute atomic E-state index is 0.00727. The van der Waals surface area contributed by atoms with E-state index in [4.69, 9.17) is 18.9 Å².